The topological polar surface area (TPSA) is 73.5 Å². The highest BCUT2D eigenvalue weighted by atomic mass is 19.4. The molecule has 2 N–H and O–H groups in total. The minimum atomic E-state index is -4.94. The maximum absolute atomic E-state index is 11.9. The van der Waals surface area contributed by atoms with Crippen LogP contribution in [0.5, 0.6) is 5.75 Å². The SMILES string of the molecule is N#Cc1ccc(B(O)O)cc1OC(F)(F)F. The van der Waals surface area contributed by atoms with Crippen molar-refractivity contribution < 1.29 is 28.0 Å². The fourth-order valence-electron chi connectivity index (χ4n) is 1.00. The van der Waals surface area contributed by atoms with Gasteiger partial charge >= 0.3 is 13.5 Å². The van der Waals surface area contributed by atoms with E-state index < -0.39 is 19.2 Å². The predicted octanol–water partition coefficient (Wildman–Crippen LogP) is 0.137. The first-order valence-corrected chi connectivity index (χ1v) is 3.99. The number of halogens is 3. The van der Waals surface area contributed by atoms with Gasteiger partial charge in [-0.05, 0) is 17.6 Å². The highest BCUT2D eigenvalue weighted by molar-refractivity contribution is 6.58. The largest absolute Gasteiger partial charge is 0.573 e. The molecule has 0 aliphatic heterocycles. The fraction of sp³-hybridized carbons (Fsp3) is 0.125. The molecule has 8 heteroatoms. The molecular weight excluding hydrogens is 226 g/mol. The van der Waals surface area contributed by atoms with Crippen LogP contribution in [0.1, 0.15) is 5.56 Å². The zero-order valence-corrected chi connectivity index (χ0v) is 7.69. The fourth-order valence-corrected chi connectivity index (χ4v) is 1.00. The van der Waals surface area contributed by atoms with Crippen molar-refractivity contribution in [2.45, 2.75) is 6.36 Å². The van der Waals surface area contributed by atoms with Gasteiger partial charge < -0.3 is 14.8 Å². The summed E-state index contributed by atoms with van der Waals surface area (Å²) in [5, 5.41) is 26.0. The van der Waals surface area contributed by atoms with Crippen LogP contribution in [-0.4, -0.2) is 23.5 Å². The van der Waals surface area contributed by atoms with Crippen LogP contribution < -0.4 is 10.2 Å². The monoisotopic (exact) mass is 231 g/mol. The second-order valence-corrected chi connectivity index (χ2v) is 2.79. The van der Waals surface area contributed by atoms with Gasteiger partial charge in [0.05, 0.1) is 5.56 Å². The highest BCUT2D eigenvalue weighted by Crippen LogP contribution is 2.24. The zero-order valence-electron chi connectivity index (χ0n) is 7.69. The summed E-state index contributed by atoms with van der Waals surface area (Å²) in [7, 11) is -1.93. The summed E-state index contributed by atoms with van der Waals surface area (Å²) in [5.41, 5.74) is -0.542. The Morgan fingerprint density at radius 2 is 1.94 bits per heavy atom. The summed E-state index contributed by atoms with van der Waals surface area (Å²) in [4.78, 5) is 0. The third-order valence-corrected chi connectivity index (χ3v) is 1.65. The van der Waals surface area contributed by atoms with Crippen molar-refractivity contribution in [1.82, 2.24) is 0 Å². The zero-order chi connectivity index (χ0) is 12.3. The Labute approximate surface area is 88.6 Å². The van der Waals surface area contributed by atoms with Gasteiger partial charge in [-0.3, -0.25) is 0 Å². The molecule has 4 nitrogen and oxygen atoms in total. The third-order valence-electron chi connectivity index (χ3n) is 1.65. The highest BCUT2D eigenvalue weighted by Gasteiger charge is 2.32. The minimum Gasteiger partial charge on any atom is -0.423 e. The van der Waals surface area contributed by atoms with Crippen molar-refractivity contribution in [2.75, 3.05) is 0 Å². The molecule has 0 heterocycles. The summed E-state index contributed by atoms with van der Waals surface area (Å²) in [6.07, 6.45) is -4.94. The number of rotatable bonds is 2. The van der Waals surface area contributed by atoms with Crippen LogP contribution in [-0.2, 0) is 0 Å². The molecule has 0 aromatic heterocycles. The Bertz CT molecular complexity index is 428. The van der Waals surface area contributed by atoms with E-state index >= 15 is 0 Å². The van der Waals surface area contributed by atoms with E-state index in [1.807, 2.05) is 0 Å². The molecule has 0 unspecified atom stereocenters. The van der Waals surface area contributed by atoms with Gasteiger partial charge in [0.25, 0.3) is 0 Å². The number of nitriles is 1. The van der Waals surface area contributed by atoms with E-state index in [4.69, 9.17) is 15.3 Å². The molecule has 16 heavy (non-hydrogen) atoms. The van der Waals surface area contributed by atoms with Crippen LogP contribution in [0.4, 0.5) is 13.2 Å². The second-order valence-electron chi connectivity index (χ2n) is 2.79. The summed E-state index contributed by atoms with van der Waals surface area (Å²) in [6, 6.07) is 4.37. The molecule has 0 amide bonds. The first kappa shape index (κ1) is 12.4. The molecule has 0 aliphatic rings. The normalized spacial score (nSPS) is 10.8. The minimum absolute atomic E-state index is 0.196. The van der Waals surface area contributed by atoms with Crippen molar-refractivity contribution >= 4 is 12.6 Å². The van der Waals surface area contributed by atoms with E-state index in [2.05, 4.69) is 4.74 Å². The van der Waals surface area contributed by atoms with Gasteiger partial charge in [-0.2, -0.15) is 5.26 Å². The summed E-state index contributed by atoms with van der Waals surface area (Å²) in [5.74, 6) is -0.763. The molecule has 0 fully saturated rings. The maximum atomic E-state index is 11.9. The van der Waals surface area contributed by atoms with Crippen LogP contribution in [0, 0.1) is 11.3 Å². The lowest BCUT2D eigenvalue weighted by Crippen LogP contribution is -2.30. The molecule has 0 saturated heterocycles. The molecule has 1 aromatic carbocycles. The van der Waals surface area contributed by atoms with Crippen LogP contribution in [0.15, 0.2) is 18.2 Å². The molecule has 0 spiro atoms. The first-order chi connectivity index (χ1) is 7.33. The van der Waals surface area contributed by atoms with E-state index in [9.17, 15) is 13.2 Å². The van der Waals surface area contributed by atoms with Crippen molar-refractivity contribution in [3.05, 3.63) is 23.8 Å². The van der Waals surface area contributed by atoms with Crippen molar-refractivity contribution in [3.8, 4) is 11.8 Å². The molecule has 0 atom stereocenters. The van der Waals surface area contributed by atoms with Gasteiger partial charge in [0.15, 0.2) is 0 Å². The standard InChI is InChI=1S/C8H5BF3NO3/c10-8(11,12)16-7-3-6(9(14)15)2-1-5(7)4-13/h1-3,14-15H. The Morgan fingerprint density at radius 1 is 1.31 bits per heavy atom. The Kier molecular flexibility index (Phi) is 3.42. The number of ether oxygens (including phenoxy) is 1. The molecule has 0 saturated carbocycles. The van der Waals surface area contributed by atoms with E-state index in [0.717, 1.165) is 18.2 Å². The number of hydrogen-bond acceptors (Lipinski definition) is 4. The molecule has 0 aliphatic carbocycles. The average Bonchev–Trinajstić information content (AvgIpc) is 2.15. The second kappa shape index (κ2) is 4.43. The Hall–Kier alpha value is -1.72. The molecular formula is C8H5BF3NO3. The van der Waals surface area contributed by atoms with E-state index in [-0.39, 0.29) is 11.0 Å². The molecule has 1 rings (SSSR count). The van der Waals surface area contributed by atoms with E-state index in [0.29, 0.717) is 0 Å². The Balaban J connectivity index is 3.14. The molecule has 84 valence electrons. The maximum Gasteiger partial charge on any atom is 0.573 e. The van der Waals surface area contributed by atoms with Crippen LogP contribution in [0.2, 0.25) is 0 Å². The van der Waals surface area contributed by atoms with Gasteiger partial charge in [-0.15, -0.1) is 13.2 Å². The number of nitrogens with zero attached hydrogens (tertiary/aromatic N) is 1. The predicted molar refractivity (Wildman–Crippen MR) is 47.7 cm³/mol. The lowest BCUT2D eigenvalue weighted by Gasteiger charge is -2.11. The van der Waals surface area contributed by atoms with Gasteiger partial charge in [0.1, 0.15) is 11.8 Å². The van der Waals surface area contributed by atoms with Crippen LogP contribution in [0.3, 0.4) is 0 Å². The molecule has 0 bridgehead atoms. The lowest BCUT2D eigenvalue weighted by molar-refractivity contribution is -0.274. The third kappa shape index (κ3) is 3.15. The Morgan fingerprint density at radius 3 is 2.38 bits per heavy atom. The summed E-state index contributed by atoms with van der Waals surface area (Å²) in [6.45, 7) is 0. The van der Waals surface area contributed by atoms with Gasteiger partial charge in [-0.25, -0.2) is 0 Å². The number of benzene rings is 1. The van der Waals surface area contributed by atoms with Crippen LogP contribution in [0.25, 0.3) is 0 Å². The van der Waals surface area contributed by atoms with Crippen LogP contribution >= 0.6 is 0 Å². The van der Waals surface area contributed by atoms with Gasteiger partial charge in [0, 0.05) is 0 Å². The van der Waals surface area contributed by atoms with Gasteiger partial charge in [-0.1, -0.05) is 6.07 Å². The van der Waals surface area contributed by atoms with Crippen molar-refractivity contribution in [2.24, 2.45) is 0 Å². The molecule has 0 radical (unpaired) electrons. The smallest absolute Gasteiger partial charge is 0.423 e. The van der Waals surface area contributed by atoms with Crippen molar-refractivity contribution in [1.29, 1.82) is 5.26 Å². The van der Waals surface area contributed by atoms with Gasteiger partial charge in [0.2, 0.25) is 0 Å². The van der Waals surface area contributed by atoms with Crippen molar-refractivity contribution in [3.63, 3.8) is 0 Å². The van der Waals surface area contributed by atoms with E-state index in [1.165, 1.54) is 6.07 Å². The lowest BCUT2D eigenvalue weighted by atomic mass is 9.80. The number of alkyl halides is 3. The summed E-state index contributed by atoms with van der Waals surface area (Å²) < 4.78 is 39.4. The van der Waals surface area contributed by atoms with E-state index in [1.54, 1.807) is 0 Å². The molecule has 1 aromatic rings. The average molecular weight is 231 g/mol. The quantitative estimate of drug-likeness (QED) is 0.709. The first-order valence-electron chi connectivity index (χ1n) is 3.99. The number of hydrogen-bond donors (Lipinski definition) is 2. The summed E-state index contributed by atoms with van der Waals surface area (Å²) >= 11 is 0.